The lowest BCUT2D eigenvalue weighted by molar-refractivity contribution is 0.122. The number of para-hydroxylation sites is 2. The number of rotatable bonds is 7. The zero-order valence-electron chi connectivity index (χ0n) is 21.4. The summed E-state index contributed by atoms with van der Waals surface area (Å²) in [6.45, 7) is 4.65. The van der Waals surface area contributed by atoms with Crippen molar-refractivity contribution in [2.75, 3.05) is 56.2 Å². The first kappa shape index (κ1) is 25.4. The van der Waals surface area contributed by atoms with Gasteiger partial charge in [0.1, 0.15) is 17.8 Å². The highest BCUT2D eigenvalue weighted by Gasteiger charge is 2.31. The quantitative estimate of drug-likeness (QED) is 0.480. The third kappa shape index (κ3) is 5.31. The Hall–Kier alpha value is -2.92. The summed E-state index contributed by atoms with van der Waals surface area (Å²) in [5, 5.41) is 3.41. The van der Waals surface area contributed by atoms with Crippen molar-refractivity contribution < 1.29 is 17.9 Å². The van der Waals surface area contributed by atoms with E-state index in [4.69, 9.17) is 14.7 Å². The molecule has 0 bridgehead atoms. The summed E-state index contributed by atoms with van der Waals surface area (Å²) in [6, 6.07) is 9.34. The van der Waals surface area contributed by atoms with Crippen molar-refractivity contribution in [2.24, 2.45) is 5.92 Å². The second-order valence-electron chi connectivity index (χ2n) is 10.5. The van der Waals surface area contributed by atoms with E-state index in [1.165, 1.54) is 4.57 Å². The zero-order valence-corrected chi connectivity index (χ0v) is 21.4. The summed E-state index contributed by atoms with van der Waals surface area (Å²) < 4.78 is 48.7. The molecule has 2 aromatic heterocycles. The molecule has 4 heterocycles. The molecule has 1 aromatic carbocycles. The van der Waals surface area contributed by atoms with Crippen LogP contribution < -0.4 is 10.2 Å². The maximum absolute atomic E-state index is 14.1. The first-order valence-corrected chi connectivity index (χ1v) is 13.6. The Morgan fingerprint density at radius 2 is 1.71 bits per heavy atom. The lowest BCUT2D eigenvalue weighted by Gasteiger charge is -2.34. The van der Waals surface area contributed by atoms with E-state index in [1.54, 1.807) is 24.3 Å². The molecule has 0 spiro atoms. The van der Waals surface area contributed by atoms with Crippen molar-refractivity contribution in [3.63, 3.8) is 0 Å². The Kier molecular flexibility index (Phi) is 7.38. The van der Waals surface area contributed by atoms with Gasteiger partial charge in [-0.15, -0.1) is 0 Å². The van der Waals surface area contributed by atoms with Gasteiger partial charge in [-0.05, 0) is 50.2 Å². The minimum Gasteiger partial charge on any atom is -0.378 e. The first-order valence-electron chi connectivity index (χ1n) is 13.6. The van der Waals surface area contributed by atoms with Gasteiger partial charge in [0.15, 0.2) is 5.82 Å². The van der Waals surface area contributed by atoms with Gasteiger partial charge in [-0.2, -0.15) is 9.97 Å². The van der Waals surface area contributed by atoms with Crippen molar-refractivity contribution in [1.82, 2.24) is 24.4 Å². The highest BCUT2D eigenvalue weighted by Crippen LogP contribution is 2.32. The summed E-state index contributed by atoms with van der Waals surface area (Å²) in [7, 11) is 0. The predicted molar refractivity (Wildman–Crippen MR) is 140 cm³/mol. The second kappa shape index (κ2) is 11.1. The van der Waals surface area contributed by atoms with Crippen LogP contribution in [-0.2, 0) is 4.74 Å². The average Bonchev–Trinajstić information content (AvgIpc) is 3.56. The monoisotopic (exact) mass is 529 g/mol. The molecule has 6 rings (SSSR count). The van der Waals surface area contributed by atoms with Gasteiger partial charge >= 0.3 is 0 Å². The Bertz CT molecular complexity index is 1240. The van der Waals surface area contributed by atoms with Crippen molar-refractivity contribution in [1.29, 1.82) is 0 Å². The number of alkyl halides is 3. The van der Waals surface area contributed by atoms with Crippen molar-refractivity contribution in [3.05, 3.63) is 36.2 Å². The van der Waals surface area contributed by atoms with Gasteiger partial charge in [-0.25, -0.2) is 18.2 Å². The van der Waals surface area contributed by atoms with Crippen LogP contribution in [0.2, 0.25) is 0 Å². The van der Waals surface area contributed by atoms with Crippen LogP contribution in [0, 0.1) is 5.92 Å². The smallest absolute Gasteiger partial charge is 0.296 e. The Balaban J connectivity index is 1.24. The standard InChI is InChI=1S/C27H34F3N7O/c28-19-9-10-36(17-19)20-7-5-18(6-8-20)16-31-27-33-23(35-11-13-38-14-12-35)15-24(34-27)37-22-4-2-1-3-21(22)32-26(37)25(29)30/h1-4,15,18-20,25H,5-14,16-17H2,(H,31,33,34)/t18-,19-,20+/m0/s1. The number of anilines is 2. The summed E-state index contributed by atoms with van der Waals surface area (Å²) in [5.74, 6) is 1.59. The number of aromatic nitrogens is 4. The highest BCUT2D eigenvalue weighted by atomic mass is 19.3. The maximum Gasteiger partial charge on any atom is 0.296 e. The number of likely N-dealkylation sites (tertiary alicyclic amines) is 1. The molecule has 2 saturated heterocycles. The van der Waals surface area contributed by atoms with Crippen LogP contribution in [0.5, 0.6) is 0 Å². The van der Waals surface area contributed by atoms with Gasteiger partial charge in [-0.1, -0.05) is 12.1 Å². The number of benzene rings is 1. The molecule has 1 saturated carbocycles. The van der Waals surface area contributed by atoms with E-state index in [2.05, 4.69) is 20.1 Å². The third-order valence-electron chi connectivity index (χ3n) is 8.09. The minimum absolute atomic E-state index is 0.334. The summed E-state index contributed by atoms with van der Waals surface area (Å²) >= 11 is 0. The number of imidazole rings is 1. The Morgan fingerprint density at radius 3 is 2.45 bits per heavy atom. The van der Waals surface area contributed by atoms with E-state index in [1.807, 2.05) is 6.07 Å². The van der Waals surface area contributed by atoms with E-state index < -0.39 is 12.6 Å². The predicted octanol–water partition coefficient (Wildman–Crippen LogP) is 4.60. The van der Waals surface area contributed by atoms with Gasteiger partial charge in [-0.3, -0.25) is 9.47 Å². The Morgan fingerprint density at radius 1 is 0.947 bits per heavy atom. The molecule has 11 heteroatoms. The molecule has 2 aliphatic heterocycles. The maximum atomic E-state index is 14.1. The molecule has 3 fully saturated rings. The molecule has 3 aromatic rings. The van der Waals surface area contributed by atoms with Crippen molar-refractivity contribution in [2.45, 2.75) is 50.7 Å². The van der Waals surface area contributed by atoms with Crippen molar-refractivity contribution in [3.8, 4) is 5.82 Å². The van der Waals surface area contributed by atoms with Gasteiger partial charge in [0, 0.05) is 44.8 Å². The summed E-state index contributed by atoms with van der Waals surface area (Å²) in [6.07, 6.45) is 1.47. The molecule has 204 valence electrons. The fraction of sp³-hybridized carbons (Fsp3) is 0.593. The molecule has 1 N–H and O–H groups in total. The van der Waals surface area contributed by atoms with Gasteiger partial charge in [0.25, 0.3) is 6.43 Å². The number of ether oxygens (including phenoxy) is 1. The first-order chi connectivity index (χ1) is 18.5. The molecule has 1 aliphatic carbocycles. The summed E-state index contributed by atoms with van der Waals surface area (Å²) in [4.78, 5) is 18.1. The largest absolute Gasteiger partial charge is 0.378 e. The Labute approximate surface area is 220 Å². The molecule has 0 radical (unpaired) electrons. The van der Waals surface area contributed by atoms with E-state index >= 15 is 0 Å². The van der Waals surface area contributed by atoms with Crippen LogP contribution in [0.1, 0.15) is 44.4 Å². The zero-order chi connectivity index (χ0) is 26.1. The van der Waals surface area contributed by atoms with Gasteiger partial charge in [0.2, 0.25) is 5.95 Å². The average molecular weight is 530 g/mol. The van der Waals surface area contributed by atoms with E-state index in [0.29, 0.717) is 86.4 Å². The molecule has 0 unspecified atom stereocenters. The minimum atomic E-state index is -2.75. The van der Waals surface area contributed by atoms with E-state index in [-0.39, 0.29) is 5.82 Å². The van der Waals surface area contributed by atoms with Gasteiger partial charge < -0.3 is 15.0 Å². The van der Waals surface area contributed by atoms with Crippen LogP contribution in [0.25, 0.3) is 16.9 Å². The molecule has 0 amide bonds. The number of morpholine rings is 1. The SMILES string of the molecule is FC(F)c1nc2ccccc2n1-c1cc(N2CCOCC2)nc(NC[C@H]2CC[C@@H](N3CC[C@H](F)C3)CC2)n1. The van der Waals surface area contributed by atoms with Crippen LogP contribution >= 0.6 is 0 Å². The van der Waals surface area contributed by atoms with Crippen LogP contribution in [0.15, 0.2) is 30.3 Å². The fourth-order valence-electron chi connectivity index (χ4n) is 6.03. The lowest BCUT2D eigenvalue weighted by Crippen LogP contribution is -2.38. The number of fused-ring (bicyclic) bond motifs is 1. The molecular weight excluding hydrogens is 495 g/mol. The summed E-state index contributed by atoms with van der Waals surface area (Å²) in [5.41, 5.74) is 1.08. The van der Waals surface area contributed by atoms with Crippen molar-refractivity contribution >= 4 is 22.8 Å². The van der Waals surface area contributed by atoms with E-state index in [9.17, 15) is 13.2 Å². The number of nitrogens with one attached hydrogen (secondary N) is 1. The molecular formula is C27H34F3N7O. The molecule has 8 nitrogen and oxygen atoms in total. The fourth-order valence-corrected chi connectivity index (χ4v) is 6.03. The van der Waals surface area contributed by atoms with Crippen LogP contribution in [0.3, 0.4) is 0 Å². The molecule has 38 heavy (non-hydrogen) atoms. The number of nitrogens with zero attached hydrogens (tertiary/aromatic N) is 6. The third-order valence-corrected chi connectivity index (χ3v) is 8.09. The topological polar surface area (TPSA) is 71.3 Å². The van der Waals surface area contributed by atoms with Crippen LogP contribution in [0.4, 0.5) is 24.9 Å². The second-order valence-corrected chi connectivity index (χ2v) is 10.5. The normalized spacial score (nSPS) is 24.9. The lowest BCUT2D eigenvalue weighted by atomic mass is 9.85. The number of hydrogen-bond donors (Lipinski definition) is 1. The number of halogens is 3. The highest BCUT2D eigenvalue weighted by molar-refractivity contribution is 5.78. The van der Waals surface area contributed by atoms with Crippen LogP contribution in [-0.4, -0.2) is 82.6 Å². The molecule has 1 atom stereocenters. The molecule has 3 aliphatic rings. The van der Waals surface area contributed by atoms with Gasteiger partial charge in [0.05, 0.1) is 24.2 Å². The van der Waals surface area contributed by atoms with E-state index in [0.717, 1.165) is 32.2 Å². The number of hydrogen-bond acceptors (Lipinski definition) is 7.